The van der Waals surface area contributed by atoms with Crippen molar-refractivity contribution >= 4 is 39.2 Å². The summed E-state index contributed by atoms with van der Waals surface area (Å²) < 4.78 is 26.3. The van der Waals surface area contributed by atoms with Crippen molar-refractivity contribution in [2.75, 3.05) is 18.5 Å². The molecule has 0 amide bonds. The van der Waals surface area contributed by atoms with Crippen LogP contribution in [0.1, 0.15) is 13.3 Å². The molecule has 0 bridgehead atoms. The Bertz CT molecular complexity index is 508. The molecule has 1 rings (SSSR count). The van der Waals surface area contributed by atoms with E-state index in [0.717, 1.165) is 6.42 Å². The third-order valence-electron chi connectivity index (χ3n) is 2.40. The molecule has 0 aromatic carbocycles. The summed E-state index contributed by atoms with van der Waals surface area (Å²) in [6, 6.07) is 1.30. The van der Waals surface area contributed by atoms with Gasteiger partial charge in [-0.15, -0.1) is 0 Å². The second kappa shape index (κ2) is 6.60. The Kier molecular flexibility index (Phi) is 5.71. The van der Waals surface area contributed by atoms with E-state index in [1.54, 1.807) is 11.8 Å². The van der Waals surface area contributed by atoms with Crippen LogP contribution in [-0.2, 0) is 10.0 Å². The van der Waals surface area contributed by atoms with E-state index in [9.17, 15) is 8.42 Å². The largest absolute Gasteiger partial charge is 0.382 e. The predicted molar refractivity (Wildman–Crippen MR) is 76.4 cm³/mol. The molecular formula is C10H16ClN3O2S2. The maximum atomic E-state index is 11.9. The van der Waals surface area contributed by atoms with Gasteiger partial charge in [-0.2, -0.15) is 11.8 Å². The number of hydrogen-bond donors (Lipinski definition) is 2. The Morgan fingerprint density at radius 1 is 1.61 bits per heavy atom. The number of nitrogens with zero attached hydrogens (tertiary/aromatic N) is 1. The summed E-state index contributed by atoms with van der Waals surface area (Å²) in [4.78, 5) is 3.75. The lowest BCUT2D eigenvalue weighted by Crippen LogP contribution is -2.26. The van der Waals surface area contributed by atoms with Crippen molar-refractivity contribution in [2.45, 2.75) is 23.5 Å². The lowest BCUT2D eigenvalue weighted by atomic mass is 10.3. The molecule has 5 nitrogen and oxygen atoms in total. The molecule has 0 spiro atoms. The van der Waals surface area contributed by atoms with Gasteiger partial charge in [0.05, 0.1) is 5.02 Å². The van der Waals surface area contributed by atoms with Crippen LogP contribution in [0.4, 0.5) is 5.82 Å². The number of aromatic nitrogens is 1. The number of nitrogen functional groups attached to an aromatic ring is 1. The Labute approximate surface area is 117 Å². The highest BCUT2D eigenvalue weighted by atomic mass is 35.5. The van der Waals surface area contributed by atoms with E-state index >= 15 is 0 Å². The van der Waals surface area contributed by atoms with Gasteiger partial charge in [-0.25, -0.2) is 18.1 Å². The molecule has 18 heavy (non-hydrogen) atoms. The minimum absolute atomic E-state index is 0.0264. The number of rotatable bonds is 6. The summed E-state index contributed by atoms with van der Waals surface area (Å²) in [7, 11) is -3.57. The Morgan fingerprint density at radius 3 is 2.83 bits per heavy atom. The number of nitrogens with one attached hydrogen (secondary N) is 1. The molecule has 0 aliphatic heterocycles. The highest BCUT2D eigenvalue weighted by molar-refractivity contribution is 7.99. The fourth-order valence-electron chi connectivity index (χ4n) is 1.18. The van der Waals surface area contributed by atoms with E-state index in [4.69, 9.17) is 17.3 Å². The number of nitrogens with two attached hydrogens (primary N) is 1. The van der Waals surface area contributed by atoms with Crippen molar-refractivity contribution in [1.82, 2.24) is 9.71 Å². The van der Waals surface area contributed by atoms with Crippen LogP contribution in [0, 0.1) is 0 Å². The Balaban J connectivity index is 2.71. The van der Waals surface area contributed by atoms with Crippen molar-refractivity contribution in [3.63, 3.8) is 0 Å². The van der Waals surface area contributed by atoms with Crippen molar-refractivity contribution in [2.24, 2.45) is 0 Å². The van der Waals surface area contributed by atoms with Gasteiger partial charge >= 0.3 is 0 Å². The molecule has 102 valence electrons. The topological polar surface area (TPSA) is 85.1 Å². The molecule has 8 heteroatoms. The van der Waals surface area contributed by atoms with Crippen molar-refractivity contribution < 1.29 is 8.42 Å². The van der Waals surface area contributed by atoms with Crippen molar-refractivity contribution in [3.8, 4) is 0 Å². The highest BCUT2D eigenvalue weighted by Crippen LogP contribution is 2.19. The third kappa shape index (κ3) is 4.31. The quantitative estimate of drug-likeness (QED) is 0.836. The van der Waals surface area contributed by atoms with E-state index in [-0.39, 0.29) is 15.7 Å². The van der Waals surface area contributed by atoms with Crippen LogP contribution in [0.15, 0.2) is 17.2 Å². The first-order valence-electron chi connectivity index (χ1n) is 5.30. The minimum Gasteiger partial charge on any atom is -0.382 e. The summed E-state index contributed by atoms with van der Waals surface area (Å²) in [5, 5.41) is 0.538. The van der Waals surface area contributed by atoms with Crippen LogP contribution >= 0.6 is 23.4 Å². The molecule has 1 aromatic rings. The van der Waals surface area contributed by atoms with Crippen LogP contribution < -0.4 is 10.5 Å². The first-order chi connectivity index (χ1) is 8.36. The summed E-state index contributed by atoms with van der Waals surface area (Å²) in [5.74, 6) is 0.117. The van der Waals surface area contributed by atoms with Gasteiger partial charge in [0.1, 0.15) is 10.7 Å². The third-order valence-corrected chi connectivity index (χ3v) is 5.17. The highest BCUT2D eigenvalue weighted by Gasteiger charge is 2.15. The number of pyridine rings is 1. The molecule has 3 N–H and O–H groups in total. The first kappa shape index (κ1) is 15.6. The van der Waals surface area contributed by atoms with Crippen LogP contribution in [0.2, 0.25) is 5.02 Å². The van der Waals surface area contributed by atoms with E-state index in [1.807, 2.05) is 13.2 Å². The summed E-state index contributed by atoms with van der Waals surface area (Å²) in [5.41, 5.74) is 5.43. The lowest BCUT2D eigenvalue weighted by Gasteiger charge is -2.10. The first-order valence-corrected chi connectivity index (χ1v) is 8.45. The van der Waals surface area contributed by atoms with E-state index in [1.165, 1.54) is 12.3 Å². The van der Waals surface area contributed by atoms with Gasteiger partial charge in [0.2, 0.25) is 10.0 Å². The maximum absolute atomic E-state index is 11.9. The lowest BCUT2D eigenvalue weighted by molar-refractivity contribution is 0.578. The Hall–Kier alpha value is -0.500. The van der Waals surface area contributed by atoms with Gasteiger partial charge in [-0.3, -0.25) is 0 Å². The van der Waals surface area contributed by atoms with E-state index < -0.39 is 10.0 Å². The molecule has 1 unspecified atom stereocenters. The normalized spacial score (nSPS) is 13.5. The monoisotopic (exact) mass is 309 g/mol. The zero-order chi connectivity index (χ0) is 13.8. The smallest absolute Gasteiger partial charge is 0.242 e. The minimum atomic E-state index is -3.57. The zero-order valence-corrected chi connectivity index (χ0v) is 12.6. The molecule has 0 saturated carbocycles. The van der Waals surface area contributed by atoms with Crippen LogP contribution in [0.3, 0.4) is 0 Å². The number of anilines is 1. The van der Waals surface area contributed by atoms with Gasteiger partial charge in [0.15, 0.2) is 0 Å². The van der Waals surface area contributed by atoms with Gasteiger partial charge in [0.25, 0.3) is 0 Å². The molecule has 0 fully saturated rings. The SMILES string of the molecule is CSC(C)CCNS(=O)(=O)c1cnc(N)c(Cl)c1. The molecule has 1 atom stereocenters. The fourth-order valence-corrected chi connectivity index (χ4v) is 2.78. The number of halogens is 1. The number of sulfonamides is 1. The predicted octanol–water partition coefficient (Wildman–Crippen LogP) is 1.74. The van der Waals surface area contributed by atoms with E-state index in [2.05, 4.69) is 9.71 Å². The van der Waals surface area contributed by atoms with Crippen molar-refractivity contribution in [3.05, 3.63) is 17.3 Å². The molecule has 1 heterocycles. The Morgan fingerprint density at radius 2 is 2.28 bits per heavy atom. The van der Waals surface area contributed by atoms with Gasteiger partial charge in [-0.1, -0.05) is 18.5 Å². The second-order valence-electron chi connectivity index (χ2n) is 3.77. The van der Waals surface area contributed by atoms with Crippen LogP contribution in [0.25, 0.3) is 0 Å². The van der Waals surface area contributed by atoms with Crippen molar-refractivity contribution in [1.29, 1.82) is 0 Å². The molecule has 1 aromatic heterocycles. The average molecular weight is 310 g/mol. The number of thioether (sulfide) groups is 1. The van der Waals surface area contributed by atoms with Gasteiger partial charge in [-0.05, 0) is 18.7 Å². The van der Waals surface area contributed by atoms with Gasteiger partial charge in [0, 0.05) is 18.0 Å². The summed E-state index contributed by atoms with van der Waals surface area (Å²) >= 11 is 7.43. The fraction of sp³-hybridized carbons (Fsp3) is 0.500. The van der Waals surface area contributed by atoms with E-state index in [0.29, 0.717) is 11.8 Å². The summed E-state index contributed by atoms with van der Waals surface area (Å²) in [6.45, 7) is 2.42. The molecule has 0 saturated heterocycles. The second-order valence-corrected chi connectivity index (χ2v) is 7.22. The maximum Gasteiger partial charge on any atom is 0.242 e. The van der Waals surface area contributed by atoms with Crippen LogP contribution in [0.5, 0.6) is 0 Å². The summed E-state index contributed by atoms with van der Waals surface area (Å²) in [6.07, 6.45) is 3.95. The standard InChI is InChI=1S/C10H16ClN3O2S2/c1-7(17-2)3-4-14-18(15,16)8-5-9(11)10(12)13-6-8/h5-7,14H,3-4H2,1-2H3,(H2,12,13). The average Bonchev–Trinajstić information content (AvgIpc) is 2.32. The number of hydrogen-bond acceptors (Lipinski definition) is 5. The zero-order valence-electron chi connectivity index (χ0n) is 10.2. The van der Waals surface area contributed by atoms with Gasteiger partial charge < -0.3 is 5.73 Å². The molecule has 0 aliphatic rings. The molecule has 0 aliphatic carbocycles. The molecule has 0 radical (unpaired) electrons. The molecular weight excluding hydrogens is 294 g/mol. The van der Waals surface area contributed by atoms with Crippen LogP contribution in [-0.4, -0.2) is 31.5 Å².